The number of rotatable bonds is 7. The van der Waals surface area contributed by atoms with Crippen molar-refractivity contribution in [2.45, 2.75) is 62.8 Å². The van der Waals surface area contributed by atoms with Gasteiger partial charge in [-0.15, -0.1) is 0 Å². The fraction of sp³-hybridized carbons (Fsp3) is 0.480. The third-order valence-corrected chi connectivity index (χ3v) is 7.31. The van der Waals surface area contributed by atoms with Gasteiger partial charge in [-0.05, 0) is 50.0 Å². The molecule has 8 heteroatoms. The van der Waals surface area contributed by atoms with E-state index in [1.54, 1.807) is 4.90 Å². The van der Waals surface area contributed by atoms with Crippen LogP contribution in [0, 0.1) is 5.92 Å². The summed E-state index contributed by atoms with van der Waals surface area (Å²) in [6.45, 7) is 0.466. The highest BCUT2D eigenvalue weighted by atomic mass is 16.5. The summed E-state index contributed by atoms with van der Waals surface area (Å²) in [5.74, 6) is -0.325. The van der Waals surface area contributed by atoms with Crippen molar-refractivity contribution in [1.82, 2.24) is 15.2 Å². The summed E-state index contributed by atoms with van der Waals surface area (Å²) >= 11 is 0. The van der Waals surface area contributed by atoms with Crippen LogP contribution in [0.1, 0.15) is 54.6 Å². The van der Waals surface area contributed by atoms with Crippen molar-refractivity contribution in [1.29, 1.82) is 0 Å². The van der Waals surface area contributed by atoms with Gasteiger partial charge in [-0.2, -0.15) is 0 Å². The molecule has 1 aromatic carbocycles. The molecule has 2 bridgehead atoms. The SMILES string of the molecule is O=C(NCC1(O)CCC1)C1C2CCC(C2)N1C(=O)c1cc(=O)c(OCc2ccccc2)c[nH]1. The Labute approximate surface area is 192 Å². The Bertz CT molecular complexity index is 1090. The van der Waals surface area contributed by atoms with Crippen LogP contribution >= 0.6 is 0 Å². The van der Waals surface area contributed by atoms with E-state index in [0.29, 0.717) is 12.8 Å². The average molecular weight is 452 g/mol. The van der Waals surface area contributed by atoms with Crippen LogP contribution < -0.4 is 15.5 Å². The van der Waals surface area contributed by atoms with Gasteiger partial charge in [0, 0.05) is 24.8 Å². The van der Waals surface area contributed by atoms with E-state index in [1.165, 1.54) is 12.3 Å². The smallest absolute Gasteiger partial charge is 0.271 e. The lowest BCUT2D eigenvalue weighted by atomic mass is 9.80. The van der Waals surface area contributed by atoms with Crippen LogP contribution in [0.2, 0.25) is 0 Å². The van der Waals surface area contributed by atoms with Gasteiger partial charge in [0.15, 0.2) is 5.75 Å². The monoisotopic (exact) mass is 451 g/mol. The van der Waals surface area contributed by atoms with E-state index < -0.39 is 11.6 Å². The molecule has 2 saturated carbocycles. The number of carbonyl (C=O) groups excluding carboxylic acids is 2. The van der Waals surface area contributed by atoms with E-state index >= 15 is 0 Å². The molecule has 1 aliphatic heterocycles. The standard InChI is InChI=1S/C25H29N3O5/c29-20-12-19(26-13-21(20)33-14-16-5-2-1-3-6-16)24(31)28-18-8-7-17(11-18)22(28)23(30)27-15-25(32)9-4-10-25/h1-3,5-6,12-13,17-18,22,32H,4,7-11,14-15H2,(H,26,29)(H,27,30). The predicted molar refractivity (Wildman–Crippen MR) is 121 cm³/mol. The molecule has 0 spiro atoms. The maximum Gasteiger partial charge on any atom is 0.271 e. The van der Waals surface area contributed by atoms with Gasteiger partial charge in [-0.1, -0.05) is 30.3 Å². The fourth-order valence-electron chi connectivity index (χ4n) is 5.30. The molecule has 5 rings (SSSR count). The number of ether oxygens (including phenoxy) is 1. The number of likely N-dealkylation sites (tertiary alicyclic amines) is 1. The number of nitrogens with one attached hydrogen (secondary N) is 2. The molecule has 0 radical (unpaired) electrons. The van der Waals surface area contributed by atoms with Gasteiger partial charge in [0.05, 0.1) is 5.60 Å². The Morgan fingerprint density at radius 2 is 2.00 bits per heavy atom. The lowest BCUT2D eigenvalue weighted by molar-refractivity contribution is -0.129. The van der Waals surface area contributed by atoms with Crippen molar-refractivity contribution in [3.05, 3.63) is 64.1 Å². The maximum atomic E-state index is 13.3. The highest BCUT2D eigenvalue weighted by Crippen LogP contribution is 2.43. The highest BCUT2D eigenvalue weighted by molar-refractivity contribution is 5.97. The topological polar surface area (TPSA) is 112 Å². The van der Waals surface area contributed by atoms with Gasteiger partial charge in [0.25, 0.3) is 5.91 Å². The molecule has 3 N–H and O–H groups in total. The molecule has 1 aromatic heterocycles. The van der Waals surface area contributed by atoms with Crippen LogP contribution in [0.4, 0.5) is 0 Å². The molecule has 8 nitrogen and oxygen atoms in total. The Balaban J connectivity index is 1.28. The first-order valence-corrected chi connectivity index (χ1v) is 11.7. The van der Waals surface area contributed by atoms with Gasteiger partial charge in [0.1, 0.15) is 18.3 Å². The Kier molecular flexibility index (Phi) is 5.70. The third-order valence-electron chi connectivity index (χ3n) is 7.31. The number of aliphatic hydroxyl groups is 1. The second-order valence-electron chi connectivity index (χ2n) is 9.53. The minimum atomic E-state index is -0.817. The van der Waals surface area contributed by atoms with Crippen molar-refractivity contribution in [2.24, 2.45) is 5.92 Å². The number of benzene rings is 1. The number of H-pyrrole nitrogens is 1. The van der Waals surface area contributed by atoms with E-state index in [-0.39, 0.29) is 53.8 Å². The van der Waals surface area contributed by atoms with Crippen molar-refractivity contribution >= 4 is 11.8 Å². The summed E-state index contributed by atoms with van der Waals surface area (Å²) < 4.78 is 5.62. The summed E-state index contributed by atoms with van der Waals surface area (Å²) in [5.41, 5.74) is -0.116. The van der Waals surface area contributed by atoms with E-state index in [9.17, 15) is 19.5 Å². The molecule has 33 heavy (non-hydrogen) atoms. The molecule has 3 aliphatic rings. The van der Waals surface area contributed by atoms with E-state index in [4.69, 9.17) is 4.74 Å². The van der Waals surface area contributed by atoms with E-state index in [1.807, 2.05) is 30.3 Å². The van der Waals surface area contributed by atoms with Crippen LogP contribution in [0.15, 0.2) is 47.4 Å². The number of piperidine rings is 1. The fourth-order valence-corrected chi connectivity index (χ4v) is 5.30. The van der Waals surface area contributed by atoms with Crippen molar-refractivity contribution in [3.8, 4) is 5.75 Å². The van der Waals surface area contributed by atoms with Gasteiger partial charge in [0.2, 0.25) is 11.3 Å². The summed E-state index contributed by atoms with van der Waals surface area (Å²) in [6, 6.07) is 10.2. The van der Waals surface area contributed by atoms with Crippen LogP contribution in [0.3, 0.4) is 0 Å². The normalized spacial score (nSPS) is 24.9. The molecule has 2 amide bonds. The number of fused-ring (bicyclic) bond motifs is 2. The Morgan fingerprint density at radius 3 is 2.70 bits per heavy atom. The Hall–Kier alpha value is -3.13. The van der Waals surface area contributed by atoms with Gasteiger partial charge < -0.3 is 25.0 Å². The number of hydrogen-bond donors (Lipinski definition) is 3. The minimum Gasteiger partial charge on any atom is -0.483 e. The molecule has 174 valence electrons. The average Bonchev–Trinajstić information content (AvgIpc) is 3.42. The van der Waals surface area contributed by atoms with Crippen molar-refractivity contribution in [3.63, 3.8) is 0 Å². The second-order valence-corrected chi connectivity index (χ2v) is 9.53. The van der Waals surface area contributed by atoms with Crippen LogP contribution in [-0.2, 0) is 11.4 Å². The number of aromatic amines is 1. The van der Waals surface area contributed by atoms with Crippen molar-refractivity contribution < 1.29 is 19.4 Å². The number of nitrogens with zero attached hydrogens (tertiary/aromatic N) is 1. The lowest BCUT2D eigenvalue weighted by Gasteiger charge is -2.38. The summed E-state index contributed by atoms with van der Waals surface area (Å²) in [7, 11) is 0. The molecule has 3 atom stereocenters. The molecule has 3 unspecified atom stereocenters. The van der Waals surface area contributed by atoms with Crippen LogP contribution in [-0.4, -0.2) is 51.0 Å². The first-order valence-electron chi connectivity index (χ1n) is 11.7. The summed E-state index contributed by atoms with van der Waals surface area (Å²) in [6.07, 6.45) is 6.29. The maximum absolute atomic E-state index is 13.3. The van der Waals surface area contributed by atoms with Gasteiger partial charge in [-0.3, -0.25) is 14.4 Å². The number of amides is 2. The quantitative estimate of drug-likeness (QED) is 0.596. The predicted octanol–water partition coefficient (Wildman–Crippen LogP) is 1.98. The summed E-state index contributed by atoms with van der Waals surface area (Å²) in [5, 5.41) is 13.2. The van der Waals surface area contributed by atoms with E-state index in [0.717, 1.165) is 31.2 Å². The van der Waals surface area contributed by atoms with Crippen LogP contribution in [0.5, 0.6) is 5.75 Å². The Morgan fingerprint density at radius 1 is 1.21 bits per heavy atom. The minimum absolute atomic E-state index is 0.0115. The first-order chi connectivity index (χ1) is 15.9. The number of pyridine rings is 1. The highest BCUT2D eigenvalue weighted by Gasteiger charge is 2.52. The molecular formula is C25H29N3O5. The number of hydrogen-bond acceptors (Lipinski definition) is 5. The lowest BCUT2D eigenvalue weighted by Crippen LogP contribution is -2.56. The third kappa shape index (κ3) is 4.27. The molecule has 2 aliphatic carbocycles. The zero-order valence-electron chi connectivity index (χ0n) is 18.5. The number of carbonyl (C=O) groups is 2. The van der Waals surface area contributed by atoms with Gasteiger partial charge >= 0.3 is 0 Å². The summed E-state index contributed by atoms with van der Waals surface area (Å²) in [4.78, 5) is 43.5. The van der Waals surface area contributed by atoms with Crippen LogP contribution in [0.25, 0.3) is 0 Å². The molecule has 1 saturated heterocycles. The molecular weight excluding hydrogens is 422 g/mol. The molecule has 2 heterocycles. The largest absolute Gasteiger partial charge is 0.483 e. The zero-order valence-corrected chi connectivity index (χ0v) is 18.5. The number of aromatic nitrogens is 1. The zero-order chi connectivity index (χ0) is 23.0. The molecule has 3 fully saturated rings. The van der Waals surface area contributed by atoms with E-state index in [2.05, 4.69) is 10.3 Å². The van der Waals surface area contributed by atoms with Crippen molar-refractivity contribution in [2.75, 3.05) is 6.54 Å². The molecule has 2 aromatic rings. The van der Waals surface area contributed by atoms with Gasteiger partial charge in [-0.25, -0.2) is 0 Å². The second kappa shape index (κ2) is 8.67. The first kappa shape index (κ1) is 21.7.